The number of hydrogen-bond donors (Lipinski definition) is 0. The summed E-state index contributed by atoms with van der Waals surface area (Å²) in [7, 11) is 2.05. The molecular weight excluding hydrogens is 202 g/mol. The van der Waals surface area contributed by atoms with Crippen LogP contribution >= 0.6 is 0 Å². The van der Waals surface area contributed by atoms with Crippen molar-refractivity contribution in [1.29, 1.82) is 0 Å². The van der Waals surface area contributed by atoms with E-state index in [-0.39, 0.29) is 17.7 Å². The van der Waals surface area contributed by atoms with Gasteiger partial charge in [-0.1, -0.05) is 6.92 Å². The van der Waals surface area contributed by atoms with Crippen LogP contribution in [0.15, 0.2) is 28.4 Å². The van der Waals surface area contributed by atoms with Crippen LogP contribution in [0, 0.1) is 5.92 Å². The second-order valence-corrected chi connectivity index (χ2v) is 4.50. The molecule has 2 heterocycles. The normalized spacial score (nSPS) is 29.9. The highest BCUT2D eigenvalue weighted by atomic mass is 16.3. The fraction of sp³-hybridized carbons (Fsp3) is 0.462. The highest BCUT2D eigenvalue weighted by molar-refractivity contribution is 6.02. The van der Waals surface area contributed by atoms with Crippen molar-refractivity contribution in [3.8, 4) is 0 Å². The summed E-state index contributed by atoms with van der Waals surface area (Å²) in [5.41, 5.74) is 0.844. The monoisotopic (exact) mass is 219 g/mol. The average Bonchev–Trinajstić information content (AvgIpc) is 2.74. The molecule has 0 amide bonds. The summed E-state index contributed by atoms with van der Waals surface area (Å²) in [4.78, 5) is 14.3. The molecule has 1 aliphatic heterocycles. The quantitative estimate of drug-likeness (QED) is 0.679. The molecule has 86 valence electrons. The highest BCUT2D eigenvalue weighted by Gasteiger charge is 2.31. The van der Waals surface area contributed by atoms with Gasteiger partial charge in [0.05, 0.1) is 6.26 Å². The number of carbonyl (C=O) groups excluding carboxylic acids is 1. The Morgan fingerprint density at radius 3 is 2.88 bits per heavy atom. The first-order valence-corrected chi connectivity index (χ1v) is 5.59. The molecule has 0 saturated carbocycles. The number of carbonyl (C=O) groups is 1. The van der Waals surface area contributed by atoms with Crippen LogP contribution in [0.2, 0.25) is 0 Å². The van der Waals surface area contributed by atoms with Crippen LogP contribution in [-0.4, -0.2) is 30.3 Å². The summed E-state index contributed by atoms with van der Waals surface area (Å²) in [6, 6.07) is 3.86. The largest absolute Gasteiger partial charge is 0.465 e. The first kappa shape index (κ1) is 11.1. The van der Waals surface area contributed by atoms with Crippen LogP contribution in [0.3, 0.4) is 0 Å². The second-order valence-electron chi connectivity index (χ2n) is 4.50. The molecule has 1 saturated heterocycles. The van der Waals surface area contributed by atoms with E-state index in [1.807, 2.05) is 32.2 Å². The summed E-state index contributed by atoms with van der Waals surface area (Å²) in [6.45, 7) is 4.86. The van der Waals surface area contributed by atoms with Crippen molar-refractivity contribution in [3.63, 3.8) is 0 Å². The van der Waals surface area contributed by atoms with Crippen molar-refractivity contribution in [2.45, 2.75) is 19.9 Å². The van der Waals surface area contributed by atoms with Crippen molar-refractivity contribution < 1.29 is 9.21 Å². The minimum absolute atomic E-state index is 0.0717. The van der Waals surface area contributed by atoms with Gasteiger partial charge in [-0.3, -0.25) is 9.69 Å². The Hall–Kier alpha value is -1.35. The predicted octanol–water partition coefficient (Wildman–Crippen LogP) is 2.20. The van der Waals surface area contributed by atoms with E-state index in [9.17, 15) is 4.79 Å². The van der Waals surface area contributed by atoms with Gasteiger partial charge >= 0.3 is 0 Å². The molecule has 1 aliphatic rings. The van der Waals surface area contributed by atoms with Gasteiger partial charge in [-0.2, -0.15) is 0 Å². The van der Waals surface area contributed by atoms with Crippen LogP contribution in [0.25, 0.3) is 6.08 Å². The van der Waals surface area contributed by atoms with Gasteiger partial charge < -0.3 is 4.42 Å². The molecule has 0 aliphatic carbocycles. The Morgan fingerprint density at radius 2 is 2.25 bits per heavy atom. The number of ketones is 1. The maximum absolute atomic E-state index is 12.1. The molecule has 16 heavy (non-hydrogen) atoms. The lowest BCUT2D eigenvalue weighted by Crippen LogP contribution is -2.44. The number of likely N-dealkylation sites (tertiary alicyclic amines) is 1. The van der Waals surface area contributed by atoms with E-state index in [0.29, 0.717) is 0 Å². The smallest absolute Gasteiger partial charge is 0.164 e. The van der Waals surface area contributed by atoms with E-state index < -0.39 is 0 Å². The molecule has 1 aromatic rings. The molecule has 1 fully saturated rings. The Bertz CT molecular complexity index is 406. The SMILES string of the molecule is C[C@H]1CN(C)[C@@H](C)/C(=C/c2ccco2)C1=O. The highest BCUT2D eigenvalue weighted by Crippen LogP contribution is 2.24. The topological polar surface area (TPSA) is 33.5 Å². The molecule has 0 unspecified atom stereocenters. The first-order chi connectivity index (χ1) is 7.59. The van der Waals surface area contributed by atoms with Gasteiger partial charge in [-0.15, -0.1) is 0 Å². The zero-order valence-corrected chi connectivity index (χ0v) is 9.93. The van der Waals surface area contributed by atoms with Crippen molar-refractivity contribution in [3.05, 3.63) is 29.7 Å². The number of furan rings is 1. The zero-order chi connectivity index (χ0) is 11.7. The van der Waals surface area contributed by atoms with E-state index in [2.05, 4.69) is 11.8 Å². The third-order valence-electron chi connectivity index (χ3n) is 3.25. The van der Waals surface area contributed by atoms with Crippen LogP contribution < -0.4 is 0 Å². The summed E-state index contributed by atoms with van der Waals surface area (Å²) < 4.78 is 5.26. The van der Waals surface area contributed by atoms with Gasteiger partial charge in [0, 0.05) is 24.1 Å². The van der Waals surface area contributed by atoms with Crippen LogP contribution in [0.1, 0.15) is 19.6 Å². The van der Waals surface area contributed by atoms with Gasteiger partial charge in [-0.05, 0) is 32.2 Å². The summed E-state index contributed by atoms with van der Waals surface area (Å²) in [6.07, 6.45) is 3.48. The maximum Gasteiger partial charge on any atom is 0.164 e. The molecule has 0 N–H and O–H groups in total. The van der Waals surface area contributed by atoms with Gasteiger partial charge in [0.25, 0.3) is 0 Å². The maximum atomic E-state index is 12.1. The Balaban J connectivity index is 2.33. The number of piperidine rings is 1. The van der Waals surface area contributed by atoms with Crippen molar-refractivity contribution in [2.24, 2.45) is 5.92 Å². The van der Waals surface area contributed by atoms with Crippen molar-refractivity contribution in [1.82, 2.24) is 4.90 Å². The Morgan fingerprint density at radius 1 is 1.50 bits per heavy atom. The molecular formula is C13H17NO2. The molecule has 3 heteroatoms. The van der Waals surface area contributed by atoms with E-state index in [1.165, 1.54) is 0 Å². The lowest BCUT2D eigenvalue weighted by molar-refractivity contribution is -0.121. The molecule has 2 atom stereocenters. The Labute approximate surface area is 95.7 Å². The van der Waals surface area contributed by atoms with Crippen LogP contribution in [0.4, 0.5) is 0 Å². The van der Waals surface area contributed by atoms with E-state index >= 15 is 0 Å². The fourth-order valence-corrected chi connectivity index (χ4v) is 2.12. The van der Waals surface area contributed by atoms with E-state index in [4.69, 9.17) is 4.42 Å². The first-order valence-electron chi connectivity index (χ1n) is 5.59. The summed E-state index contributed by atoms with van der Waals surface area (Å²) in [5, 5.41) is 0. The standard InChI is InChI=1S/C13H17NO2/c1-9-8-14(3)10(2)12(13(9)15)7-11-5-4-6-16-11/h4-7,9-10H,8H2,1-3H3/b12-7-/t9-,10-/m0/s1. The molecule has 0 bridgehead atoms. The van der Waals surface area contributed by atoms with Crippen LogP contribution in [0.5, 0.6) is 0 Å². The number of rotatable bonds is 1. The lowest BCUT2D eigenvalue weighted by Gasteiger charge is -2.34. The van der Waals surface area contributed by atoms with Gasteiger partial charge in [0.2, 0.25) is 0 Å². The lowest BCUT2D eigenvalue weighted by atomic mass is 9.88. The summed E-state index contributed by atoms with van der Waals surface area (Å²) in [5.74, 6) is 1.06. The zero-order valence-electron chi connectivity index (χ0n) is 9.93. The number of Topliss-reactive ketones (excluding diaryl/α,β-unsaturated/α-hetero) is 1. The number of nitrogens with zero attached hydrogens (tertiary/aromatic N) is 1. The Kier molecular flexibility index (Phi) is 2.97. The minimum atomic E-state index is 0.0717. The third-order valence-corrected chi connectivity index (χ3v) is 3.25. The fourth-order valence-electron chi connectivity index (χ4n) is 2.12. The van der Waals surface area contributed by atoms with Crippen LogP contribution in [-0.2, 0) is 4.79 Å². The summed E-state index contributed by atoms with van der Waals surface area (Å²) >= 11 is 0. The average molecular weight is 219 g/mol. The molecule has 0 radical (unpaired) electrons. The van der Waals surface area contributed by atoms with Crippen molar-refractivity contribution in [2.75, 3.05) is 13.6 Å². The molecule has 0 spiro atoms. The van der Waals surface area contributed by atoms with Gasteiger partial charge in [0.1, 0.15) is 5.76 Å². The second kappa shape index (κ2) is 4.26. The van der Waals surface area contributed by atoms with Crippen molar-refractivity contribution >= 4 is 11.9 Å². The molecule has 1 aromatic heterocycles. The third kappa shape index (κ3) is 1.95. The van der Waals surface area contributed by atoms with Gasteiger partial charge in [0.15, 0.2) is 5.78 Å². The number of likely N-dealkylation sites (N-methyl/N-ethyl adjacent to an activating group) is 1. The molecule has 0 aromatic carbocycles. The molecule has 2 rings (SSSR count). The van der Waals surface area contributed by atoms with Gasteiger partial charge in [-0.25, -0.2) is 0 Å². The van der Waals surface area contributed by atoms with E-state index in [0.717, 1.165) is 17.9 Å². The number of hydrogen-bond acceptors (Lipinski definition) is 3. The minimum Gasteiger partial charge on any atom is -0.465 e. The molecule has 3 nitrogen and oxygen atoms in total. The predicted molar refractivity (Wildman–Crippen MR) is 62.9 cm³/mol. The van der Waals surface area contributed by atoms with E-state index in [1.54, 1.807) is 6.26 Å².